The van der Waals surface area contributed by atoms with Crippen molar-refractivity contribution in [2.75, 3.05) is 13.1 Å². The van der Waals surface area contributed by atoms with Crippen LogP contribution in [-0.2, 0) is 16.1 Å². The average Bonchev–Trinajstić information content (AvgIpc) is 2.72. The fraction of sp³-hybridized carbons (Fsp3) is 0.273. The second-order valence-electron chi connectivity index (χ2n) is 6.77. The van der Waals surface area contributed by atoms with Crippen LogP contribution in [0.5, 0.6) is 0 Å². The smallest absolute Gasteiger partial charge is 0.246 e. The van der Waals surface area contributed by atoms with Crippen LogP contribution in [0.25, 0.3) is 6.08 Å². The third-order valence-electron chi connectivity index (χ3n) is 4.88. The molecule has 1 fully saturated rings. The molecule has 2 amide bonds. The molecule has 146 valence electrons. The highest BCUT2D eigenvalue weighted by Gasteiger charge is 2.26. The van der Waals surface area contributed by atoms with E-state index in [2.05, 4.69) is 5.32 Å². The normalized spacial score (nSPS) is 15.0. The molecule has 1 aliphatic rings. The highest BCUT2D eigenvalue weighted by Crippen LogP contribution is 2.21. The molecule has 0 bridgehead atoms. The Morgan fingerprint density at radius 3 is 2.50 bits per heavy atom. The van der Waals surface area contributed by atoms with Crippen LogP contribution >= 0.6 is 11.6 Å². The van der Waals surface area contributed by atoms with Gasteiger partial charge in [0.05, 0.1) is 5.02 Å². The lowest BCUT2D eigenvalue weighted by atomic mass is 9.95. The molecule has 3 rings (SSSR count). The standard InChI is InChI=1S/C22H22ClFN2O2/c23-19-7-4-8-20(24)18(19)9-10-21(27)26-13-11-17(12-14-26)22(28)25-15-16-5-2-1-3-6-16/h1-10,17H,11-15H2,(H,25,28). The molecule has 0 aromatic heterocycles. The van der Waals surface area contributed by atoms with Gasteiger partial charge in [0.25, 0.3) is 0 Å². The van der Waals surface area contributed by atoms with E-state index in [0.29, 0.717) is 32.5 Å². The van der Waals surface area contributed by atoms with Crippen molar-refractivity contribution in [2.24, 2.45) is 5.92 Å². The number of carbonyl (C=O) groups excluding carboxylic acids is 2. The molecule has 0 saturated carbocycles. The first-order valence-electron chi connectivity index (χ1n) is 9.27. The number of likely N-dealkylation sites (tertiary alicyclic amines) is 1. The number of nitrogens with one attached hydrogen (secondary N) is 1. The Balaban J connectivity index is 1.48. The molecule has 6 heteroatoms. The first-order chi connectivity index (χ1) is 13.5. The second kappa shape index (κ2) is 9.51. The Hall–Kier alpha value is -2.66. The topological polar surface area (TPSA) is 49.4 Å². The lowest BCUT2D eigenvalue weighted by molar-refractivity contribution is -0.132. The Morgan fingerprint density at radius 1 is 1.11 bits per heavy atom. The summed E-state index contributed by atoms with van der Waals surface area (Å²) in [5, 5.41) is 3.22. The fourth-order valence-electron chi connectivity index (χ4n) is 3.22. The van der Waals surface area contributed by atoms with E-state index in [9.17, 15) is 14.0 Å². The molecule has 4 nitrogen and oxygen atoms in total. The zero-order chi connectivity index (χ0) is 19.9. The van der Waals surface area contributed by atoms with E-state index in [1.165, 1.54) is 24.3 Å². The van der Waals surface area contributed by atoms with Gasteiger partial charge in [-0.2, -0.15) is 0 Å². The molecule has 0 aliphatic carbocycles. The van der Waals surface area contributed by atoms with Gasteiger partial charge in [-0.05, 0) is 36.6 Å². The first-order valence-corrected chi connectivity index (χ1v) is 9.65. The van der Waals surface area contributed by atoms with Gasteiger partial charge >= 0.3 is 0 Å². The van der Waals surface area contributed by atoms with E-state index >= 15 is 0 Å². The molecule has 0 atom stereocenters. The number of piperidine rings is 1. The molecule has 0 unspecified atom stereocenters. The Morgan fingerprint density at radius 2 is 1.82 bits per heavy atom. The summed E-state index contributed by atoms with van der Waals surface area (Å²) in [5.74, 6) is -0.754. The number of amides is 2. The van der Waals surface area contributed by atoms with Crippen molar-refractivity contribution in [3.63, 3.8) is 0 Å². The van der Waals surface area contributed by atoms with Crippen molar-refractivity contribution < 1.29 is 14.0 Å². The van der Waals surface area contributed by atoms with E-state index in [0.717, 1.165) is 5.56 Å². The van der Waals surface area contributed by atoms with Crippen LogP contribution in [0.15, 0.2) is 54.6 Å². The molecule has 1 aliphatic heterocycles. The number of rotatable bonds is 5. The Kier molecular flexibility index (Phi) is 6.82. The summed E-state index contributed by atoms with van der Waals surface area (Å²) in [6.45, 7) is 1.50. The zero-order valence-electron chi connectivity index (χ0n) is 15.4. The minimum Gasteiger partial charge on any atom is -0.352 e. The minimum atomic E-state index is -0.467. The van der Waals surface area contributed by atoms with E-state index < -0.39 is 5.82 Å². The van der Waals surface area contributed by atoms with Gasteiger partial charge in [0.2, 0.25) is 11.8 Å². The molecule has 1 N–H and O–H groups in total. The van der Waals surface area contributed by atoms with Crippen LogP contribution in [0.3, 0.4) is 0 Å². The maximum Gasteiger partial charge on any atom is 0.246 e. The van der Waals surface area contributed by atoms with E-state index in [1.807, 2.05) is 30.3 Å². The SMILES string of the molecule is O=C(NCc1ccccc1)C1CCN(C(=O)C=Cc2c(F)cccc2Cl)CC1. The second-order valence-corrected chi connectivity index (χ2v) is 7.18. The van der Waals surface area contributed by atoms with Crippen LogP contribution in [0.2, 0.25) is 5.02 Å². The number of halogens is 2. The van der Waals surface area contributed by atoms with Crippen LogP contribution < -0.4 is 5.32 Å². The molecule has 1 heterocycles. The molecule has 0 radical (unpaired) electrons. The van der Waals surface area contributed by atoms with E-state index in [4.69, 9.17) is 11.6 Å². The van der Waals surface area contributed by atoms with Crippen LogP contribution in [0.4, 0.5) is 4.39 Å². The van der Waals surface area contributed by atoms with Gasteiger partial charge in [0.15, 0.2) is 0 Å². The fourth-order valence-corrected chi connectivity index (χ4v) is 3.45. The predicted octanol–water partition coefficient (Wildman–Crippen LogP) is 4.05. The molecule has 0 spiro atoms. The largest absolute Gasteiger partial charge is 0.352 e. The van der Waals surface area contributed by atoms with E-state index in [1.54, 1.807) is 11.0 Å². The van der Waals surface area contributed by atoms with Crippen molar-refractivity contribution in [1.82, 2.24) is 10.2 Å². The first kappa shape index (κ1) is 20.1. The van der Waals surface area contributed by atoms with Gasteiger partial charge in [-0.25, -0.2) is 4.39 Å². The quantitative estimate of drug-likeness (QED) is 0.770. The highest BCUT2D eigenvalue weighted by molar-refractivity contribution is 6.32. The summed E-state index contributed by atoms with van der Waals surface area (Å²) >= 11 is 5.97. The summed E-state index contributed by atoms with van der Waals surface area (Å²) in [4.78, 5) is 26.4. The van der Waals surface area contributed by atoms with Gasteiger partial charge in [-0.1, -0.05) is 48.0 Å². The van der Waals surface area contributed by atoms with E-state index in [-0.39, 0.29) is 28.3 Å². The van der Waals surface area contributed by atoms with Crippen molar-refractivity contribution >= 4 is 29.5 Å². The maximum atomic E-state index is 13.8. The predicted molar refractivity (Wildman–Crippen MR) is 108 cm³/mol. The van der Waals surface area contributed by atoms with Crippen LogP contribution in [0.1, 0.15) is 24.0 Å². The van der Waals surface area contributed by atoms with Gasteiger partial charge < -0.3 is 10.2 Å². The summed E-state index contributed by atoms with van der Waals surface area (Å²) in [5.41, 5.74) is 1.26. The molecule has 1 saturated heterocycles. The summed E-state index contributed by atoms with van der Waals surface area (Å²) in [6.07, 6.45) is 3.96. The third kappa shape index (κ3) is 5.20. The molecule has 28 heavy (non-hydrogen) atoms. The number of hydrogen-bond acceptors (Lipinski definition) is 2. The average molecular weight is 401 g/mol. The number of benzene rings is 2. The Bertz CT molecular complexity index is 842. The molecular formula is C22H22ClFN2O2. The van der Waals surface area contributed by atoms with Crippen molar-refractivity contribution in [3.8, 4) is 0 Å². The lowest BCUT2D eigenvalue weighted by Gasteiger charge is -2.30. The zero-order valence-corrected chi connectivity index (χ0v) is 16.2. The highest BCUT2D eigenvalue weighted by atomic mass is 35.5. The van der Waals surface area contributed by atoms with Gasteiger partial charge in [-0.15, -0.1) is 0 Å². The lowest BCUT2D eigenvalue weighted by Crippen LogP contribution is -2.42. The Labute approximate surface area is 169 Å². The van der Waals surface area contributed by atoms with Crippen LogP contribution in [0, 0.1) is 11.7 Å². The number of hydrogen-bond donors (Lipinski definition) is 1. The summed E-state index contributed by atoms with van der Waals surface area (Å²) in [7, 11) is 0. The number of nitrogens with zero attached hydrogens (tertiary/aromatic N) is 1. The van der Waals surface area contributed by atoms with Crippen molar-refractivity contribution in [2.45, 2.75) is 19.4 Å². The van der Waals surface area contributed by atoms with Crippen LogP contribution in [-0.4, -0.2) is 29.8 Å². The third-order valence-corrected chi connectivity index (χ3v) is 5.21. The van der Waals surface area contributed by atoms with Gasteiger partial charge in [0, 0.05) is 37.2 Å². The molecule has 2 aromatic rings. The van der Waals surface area contributed by atoms with Gasteiger partial charge in [-0.3, -0.25) is 9.59 Å². The van der Waals surface area contributed by atoms with Crippen molar-refractivity contribution in [3.05, 3.63) is 76.6 Å². The minimum absolute atomic E-state index is 0.0182. The summed E-state index contributed by atoms with van der Waals surface area (Å²) < 4.78 is 13.8. The number of carbonyl (C=O) groups is 2. The molecular weight excluding hydrogens is 379 g/mol. The summed E-state index contributed by atoms with van der Waals surface area (Å²) in [6, 6.07) is 14.1. The monoisotopic (exact) mass is 400 g/mol. The molecule has 2 aromatic carbocycles. The maximum absolute atomic E-state index is 13.8. The van der Waals surface area contributed by atoms with Gasteiger partial charge in [0.1, 0.15) is 5.82 Å². The van der Waals surface area contributed by atoms with Crippen molar-refractivity contribution in [1.29, 1.82) is 0 Å².